The van der Waals surface area contributed by atoms with Crippen LogP contribution in [0.5, 0.6) is 0 Å². The molecule has 0 bridgehead atoms. The van der Waals surface area contributed by atoms with E-state index in [9.17, 15) is 0 Å². The molecule has 1 nitrogen and oxygen atoms in total. The summed E-state index contributed by atoms with van der Waals surface area (Å²) in [4.78, 5) is 4.40. The van der Waals surface area contributed by atoms with Gasteiger partial charge < -0.3 is 0 Å². The Balaban J connectivity index is 4.43. The van der Waals surface area contributed by atoms with E-state index in [2.05, 4.69) is 63.9 Å². The van der Waals surface area contributed by atoms with Gasteiger partial charge in [-0.15, -0.1) is 0 Å². The molecule has 0 saturated heterocycles. The highest BCUT2D eigenvalue weighted by atomic mass is 14.7. The van der Waals surface area contributed by atoms with Gasteiger partial charge in [-0.1, -0.05) is 52.3 Å². The van der Waals surface area contributed by atoms with Gasteiger partial charge in [-0.05, 0) is 37.3 Å². The highest BCUT2D eigenvalue weighted by molar-refractivity contribution is 5.93. The lowest BCUT2D eigenvalue weighted by atomic mass is 10.0. The molecular formula is C16H27N. The molecular weight excluding hydrogens is 206 g/mol. The number of aliphatic imine (C=N–C) groups is 1. The molecule has 0 spiro atoms. The van der Waals surface area contributed by atoms with E-state index in [-0.39, 0.29) is 0 Å². The van der Waals surface area contributed by atoms with Crippen molar-refractivity contribution in [3.8, 4) is 0 Å². The molecule has 0 amide bonds. The van der Waals surface area contributed by atoms with Crippen molar-refractivity contribution in [2.75, 3.05) is 0 Å². The Morgan fingerprint density at radius 3 is 2.29 bits per heavy atom. The van der Waals surface area contributed by atoms with Crippen molar-refractivity contribution in [3.05, 3.63) is 36.1 Å². The Morgan fingerprint density at radius 2 is 1.82 bits per heavy atom. The minimum Gasteiger partial charge on any atom is -0.262 e. The first-order valence-electron chi connectivity index (χ1n) is 6.56. The molecule has 0 aromatic heterocycles. The summed E-state index contributed by atoms with van der Waals surface area (Å²) in [6.07, 6.45) is 11.6. The molecule has 0 rings (SSSR count). The second-order valence-electron chi connectivity index (χ2n) is 4.77. The quantitative estimate of drug-likeness (QED) is 0.443. The molecule has 0 heterocycles. The van der Waals surface area contributed by atoms with E-state index >= 15 is 0 Å². The Kier molecular flexibility index (Phi) is 8.39. The van der Waals surface area contributed by atoms with Crippen LogP contribution in [-0.2, 0) is 0 Å². The lowest BCUT2D eigenvalue weighted by Crippen LogP contribution is -1.91. The zero-order valence-electron chi connectivity index (χ0n) is 12.2. The Hall–Kier alpha value is -1.11. The molecule has 1 heteroatoms. The van der Waals surface area contributed by atoms with Crippen LogP contribution < -0.4 is 0 Å². The van der Waals surface area contributed by atoms with Crippen LogP contribution in [0.25, 0.3) is 0 Å². The number of allylic oxidation sites excluding steroid dienone is 5. The highest BCUT2D eigenvalue weighted by Crippen LogP contribution is 2.10. The van der Waals surface area contributed by atoms with Gasteiger partial charge in [0, 0.05) is 11.9 Å². The van der Waals surface area contributed by atoms with Gasteiger partial charge in [0.1, 0.15) is 0 Å². The van der Waals surface area contributed by atoms with Crippen molar-refractivity contribution in [3.63, 3.8) is 0 Å². The van der Waals surface area contributed by atoms with E-state index in [0.717, 1.165) is 12.1 Å². The van der Waals surface area contributed by atoms with Gasteiger partial charge in [-0.25, -0.2) is 0 Å². The highest BCUT2D eigenvalue weighted by Gasteiger charge is 1.96. The molecule has 0 radical (unpaired) electrons. The monoisotopic (exact) mass is 233 g/mol. The van der Waals surface area contributed by atoms with Gasteiger partial charge in [0.15, 0.2) is 0 Å². The van der Waals surface area contributed by atoms with Crippen molar-refractivity contribution in [1.82, 2.24) is 0 Å². The molecule has 0 aliphatic carbocycles. The Labute approximate surface area is 107 Å². The lowest BCUT2D eigenvalue weighted by Gasteiger charge is -2.04. The van der Waals surface area contributed by atoms with Crippen molar-refractivity contribution < 1.29 is 0 Å². The van der Waals surface area contributed by atoms with Crippen LogP contribution >= 0.6 is 0 Å². The minimum atomic E-state index is 0.569. The molecule has 0 saturated carbocycles. The SMILES string of the molecule is C\C=C(/C=C\C(C)=N/C=C\[C@H](C)CC)C(C)C. The fraction of sp³-hybridized carbons (Fsp3) is 0.562. The lowest BCUT2D eigenvalue weighted by molar-refractivity contribution is 0.697. The van der Waals surface area contributed by atoms with E-state index < -0.39 is 0 Å². The maximum atomic E-state index is 4.40. The zero-order valence-corrected chi connectivity index (χ0v) is 12.2. The van der Waals surface area contributed by atoms with Gasteiger partial charge in [0.05, 0.1) is 0 Å². The van der Waals surface area contributed by atoms with Crippen LogP contribution in [0.15, 0.2) is 41.1 Å². The number of nitrogens with zero attached hydrogens (tertiary/aromatic N) is 1. The van der Waals surface area contributed by atoms with Crippen molar-refractivity contribution in [1.29, 1.82) is 0 Å². The summed E-state index contributed by atoms with van der Waals surface area (Å²) in [7, 11) is 0. The number of hydrogen-bond acceptors (Lipinski definition) is 1. The summed E-state index contributed by atoms with van der Waals surface area (Å²) in [6, 6.07) is 0. The summed E-state index contributed by atoms with van der Waals surface area (Å²) < 4.78 is 0. The first-order valence-corrected chi connectivity index (χ1v) is 6.56. The first-order chi connectivity index (χ1) is 8.01. The summed E-state index contributed by atoms with van der Waals surface area (Å²) in [5.74, 6) is 1.18. The average Bonchev–Trinajstić information content (AvgIpc) is 2.29. The predicted octanol–water partition coefficient (Wildman–Crippen LogP) is 5.17. The Morgan fingerprint density at radius 1 is 1.18 bits per heavy atom. The van der Waals surface area contributed by atoms with E-state index in [1.807, 2.05) is 13.1 Å². The molecule has 1 atom stereocenters. The molecule has 17 heavy (non-hydrogen) atoms. The fourth-order valence-electron chi connectivity index (χ4n) is 1.33. The molecule has 0 aromatic carbocycles. The number of hydrogen-bond donors (Lipinski definition) is 0. The van der Waals surface area contributed by atoms with Crippen molar-refractivity contribution >= 4 is 5.71 Å². The van der Waals surface area contributed by atoms with Crippen LogP contribution in [-0.4, -0.2) is 5.71 Å². The molecule has 96 valence electrons. The van der Waals surface area contributed by atoms with Gasteiger partial charge in [0.2, 0.25) is 0 Å². The third-order valence-electron chi connectivity index (χ3n) is 2.85. The third kappa shape index (κ3) is 7.73. The fourth-order valence-corrected chi connectivity index (χ4v) is 1.33. The van der Waals surface area contributed by atoms with Gasteiger partial charge in [0.25, 0.3) is 0 Å². The van der Waals surface area contributed by atoms with E-state index in [1.165, 1.54) is 5.57 Å². The normalized spacial score (nSPS) is 16.4. The first kappa shape index (κ1) is 15.9. The standard InChI is InChI=1S/C16H27N/c1-7-14(5)11-12-17-15(6)9-10-16(8-2)13(3)4/h8-14H,7H2,1-6H3/b10-9-,12-11-,16-8+,17-15-/t14-/m1/s1. The van der Waals surface area contributed by atoms with Crippen LogP contribution in [0.2, 0.25) is 0 Å². The minimum absolute atomic E-state index is 0.569. The summed E-state index contributed by atoms with van der Waals surface area (Å²) >= 11 is 0. The average molecular weight is 233 g/mol. The largest absolute Gasteiger partial charge is 0.262 e. The molecule has 0 aliphatic heterocycles. The van der Waals surface area contributed by atoms with Crippen molar-refractivity contribution in [2.24, 2.45) is 16.8 Å². The van der Waals surface area contributed by atoms with Crippen LogP contribution in [0, 0.1) is 11.8 Å². The maximum Gasteiger partial charge on any atom is 0.0372 e. The summed E-state index contributed by atoms with van der Waals surface area (Å²) in [6.45, 7) is 12.9. The van der Waals surface area contributed by atoms with E-state index in [1.54, 1.807) is 0 Å². The third-order valence-corrected chi connectivity index (χ3v) is 2.85. The molecule has 0 aromatic rings. The Bertz CT molecular complexity index is 316. The van der Waals surface area contributed by atoms with Gasteiger partial charge in [-0.2, -0.15) is 0 Å². The van der Waals surface area contributed by atoms with Gasteiger partial charge in [-0.3, -0.25) is 4.99 Å². The summed E-state index contributed by atoms with van der Waals surface area (Å²) in [5.41, 5.74) is 2.40. The van der Waals surface area contributed by atoms with Crippen LogP contribution in [0.3, 0.4) is 0 Å². The smallest absolute Gasteiger partial charge is 0.0372 e. The molecule has 0 N–H and O–H groups in total. The summed E-state index contributed by atoms with van der Waals surface area (Å²) in [5, 5.41) is 0. The second kappa shape index (κ2) is 8.98. The maximum absolute atomic E-state index is 4.40. The second-order valence-corrected chi connectivity index (χ2v) is 4.77. The number of rotatable bonds is 6. The van der Waals surface area contributed by atoms with E-state index in [4.69, 9.17) is 0 Å². The predicted molar refractivity (Wildman–Crippen MR) is 79.4 cm³/mol. The molecule has 0 aliphatic rings. The topological polar surface area (TPSA) is 12.4 Å². The van der Waals surface area contributed by atoms with Crippen LogP contribution in [0.4, 0.5) is 0 Å². The van der Waals surface area contributed by atoms with Crippen LogP contribution in [0.1, 0.15) is 48.0 Å². The molecule has 0 fully saturated rings. The van der Waals surface area contributed by atoms with Crippen molar-refractivity contribution in [2.45, 2.75) is 48.0 Å². The van der Waals surface area contributed by atoms with E-state index in [0.29, 0.717) is 11.8 Å². The molecule has 0 unspecified atom stereocenters. The van der Waals surface area contributed by atoms with Gasteiger partial charge >= 0.3 is 0 Å². The zero-order chi connectivity index (χ0) is 13.3.